The summed E-state index contributed by atoms with van der Waals surface area (Å²) < 4.78 is 4.73. The van der Waals surface area contributed by atoms with Gasteiger partial charge in [0.15, 0.2) is 6.04 Å². The van der Waals surface area contributed by atoms with Crippen LogP contribution in [-0.4, -0.2) is 57.8 Å². The molecule has 0 spiro atoms. The Balaban J connectivity index is 1.28. The number of hydrogen-bond donors (Lipinski definition) is 2. The second kappa shape index (κ2) is 8.49. The number of amides is 1. The normalized spacial score (nSPS) is 18.5. The molecule has 2 aliphatic rings. The fourth-order valence-corrected chi connectivity index (χ4v) is 5.23. The van der Waals surface area contributed by atoms with E-state index in [0.717, 1.165) is 44.3 Å². The van der Waals surface area contributed by atoms with Crippen LogP contribution < -0.4 is 10.2 Å². The highest BCUT2D eigenvalue weighted by Gasteiger charge is 2.35. The van der Waals surface area contributed by atoms with Crippen LogP contribution in [0.15, 0.2) is 36.8 Å². The monoisotopic (exact) mass is 490 g/mol. The van der Waals surface area contributed by atoms with Crippen molar-refractivity contribution in [3.63, 3.8) is 0 Å². The number of aryl methyl sites for hydroxylation is 1. The fraction of sp³-hybridized carbons (Fsp3) is 0.320. The van der Waals surface area contributed by atoms with Gasteiger partial charge >= 0.3 is 5.97 Å². The number of carbonyl (C=O) groups excluding carboxylic acids is 2. The number of esters is 1. The van der Waals surface area contributed by atoms with E-state index in [1.165, 1.54) is 0 Å². The molecule has 2 aromatic carbocycles. The zero-order chi connectivity index (χ0) is 24.1. The van der Waals surface area contributed by atoms with Gasteiger partial charge in [-0.1, -0.05) is 17.7 Å². The first-order chi connectivity index (χ1) is 17.0. The van der Waals surface area contributed by atoms with Gasteiger partial charge in [-0.3, -0.25) is 9.89 Å². The molecule has 6 rings (SSSR count). The maximum Gasteiger partial charge on any atom is 0.332 e. The van der Waals surface area contributed by atoms with E-state index >= 15 is 0 Å². The zero-order valence-electron chi connectivity index (χ0n) is 19.0. The second-order valence-corrected chi connectivity index (χ2v) is 9.49. The topological polar surface area (TPSA) is 113 Å². The van der Waals surface area contributed by atoms with Crippen molar-refractivity contribution in [1.29, 1.82) is 0 Å². The van der Waals surface area contributed by atoms with Gasteiger partial charge in [0.25, 0.3) is 0 Å². The van der Waals surface area contributed by atoms with Crippen molar-refractivity contribution in [2.75, 3.05) is 24.6 Å². The molecule has 2 fully saturated rings. The number of fused-ring (bicyclic) bond motifs is 2. The Bertz CT molecular complexity index is 1480. The van der Waals surface area contributed by atoms with Gasteiger partial charge in [-0.25, -0.2) is 14.8 Å². The molecule has 4 aromatic rings. The number of aromatic amines is 1. The molecule has 35 heavy (non-hydrogen) atoms. The Labute approximate surface area is 205 Å². The lowest BCUT2D eigenvalue weighted by Gasteiger charge is -2.34. The van der Waals surface area contributed by atoms with Gasteiger partial charge in [0.1, 0.15) is 18.8 Å². The molecule has 0 saturated carbocycles. The third-order valence-electron chi connectivity index (χ3n) is 6.96. The first kappa shape index (κ1) is 21.8. The van der Waals surface area contributed by atoms with E-state index in [0.29, 0.717) is 31.0 Å². The van der Waals surface area contributed by atoms with E-state index in [9.17, 15) is 9.59 Å². The van der Waals surface area contributed by atoms with Crippen LogP contribution in [0.1, 0.15) is 18.4 Å². The lowest BCUT2D eigenvalue weighted by atomic mass is 9.94. The Morgan fingerprint density at radius 2 is 2.03 bits per heavy atom. The van der Waals surface area contributed by atoms with Crippen molar-refractivity contribution in [2.24, 2.45) is 5.92 Å². The second-order valence-electron chi connectivity index (χ2n) is 9.09. The fourth-order valence-electron chi connectivity index (χ4n) is 4.97. The standard InChI is InChI=1S/C25H23ClN6O3/c1-13-2-3-19-17(10-29-31-19)22(13)15-9-20-16(8-18(15)26)23(28-12-27-20)32-6-4-14(5-7-32)24(33)30-21-11-35-25(21)34/h2-3,8-10,12,14,21H,4-7,11H2,1H3,(H,29,31)(H,30,33). The van der Waals surface area contributed by atoms with Crippen LogP contribution in [0, 0.1) is 12.8 Å². The Morgan fingerprint density at radius 1 is 1.20 bits per heavy atom. The largest absolute Gasteiger partial charge is 0.461 e. The van der Waals surface area contributed by atoms with Crippen molar-refractivity contribution in [1.82, 2.24) is 25.5 Å². The first-order valence-corrected chi connectivity index (χ1v) is 12.0. The number of hydrogen-bond acceptors (Lipinski definition) is 7. The number of halogens is 1. The van der Waals surface area contributed by atoms with E-state index in [1.54, 1.807) is 6.33 Å². The molecule has 178 valence electrons. The minimum Gasteiger partial charge on any atom is -0.461 e. The first-order valence-electron chi connectivity index (χ1n) is 11.6. The van der Waals surface area contributed by atoms with Gasteiger partial charge in [-0.2, -0.15) is 5.10 Å². The van der Waals surface area contributed by atoms with Crippen molar-refractivity contribution in [3.8, 4) is 11.1 Å². The minimum atomic E-state index is -0.501. The molecule has 0 radical (unpaired) electrons. The molecule has 2 saturated heterocycles. The zero-order valence-corrected chi connectivity index (χ0v) is 19.8. The number of rotatable bonds is 4. The Morgan fingerprint density at radius 3 is 2.77 bits per heavy atom. The Hall–Kier alpha value is -3.72. The van der Waals surface area contributed by atoms with E-state index in [1.807, 2.05) is 24.4 Å². The van der Waals surface area contributed by atoms with Crippen molar-refractivity contribution in [3.05, 3.63) is 47.4 Å². The van der Waals surface area contributed by atoms with E-state index in [4.69, 9.17) is 16.3 Å². The summed E-state index contributed by atoms with van der Waals surface area (Å²) in [6, 6.07) is 7.50. The molecule has 1 amide bonds. The van der Waals surface area contributed by atoms with Crippen LogP contribution in [0.3, 0.4) is 0 Å². The smallest absolute Gasteiger partial charge is 0.332 e. The highest BCUT2D eigenvalue weighted by atomic mass is 35.5. The summed E-state index contributed by atoms with van der Waals surface area (Å²) in [6.45, 7) is 3.66. The van der Waals surface area contributed by atoms with E-state index in [-0.39, 0.29) is 24.4 Å². The van der Waals surface area contributed by atoms with E-state index in [2.05, 4.69) is 43.4 Å². The molecule has 1 unspecified atom stereocenters. The number of anilines is 1. The molecule has 2 aliphatic heterocycles. The number of piperidine rings is 1. The number of H-pyrrole nitrogens is 1. The molecule has 1 atom stereocenters. The van der Waals surface area contributed by atoms with Crippen LogP contribution >= 0.6 is 11.6 Å². The molecule has 2 N–H and O–H groups in total. The van der Waals surface area contributed by atoms with Gasteiger partial charge in [0.05, 0.1) is 17.2 Å². The highest BCUT2D eigenvalue weighted by molar-refractivity contribution is 6.35. The highest BCUT2D eigenvalue weighted by Crippen LogP contribution is 2.39. The summed E-state index contributed by atoms with van der Waals surface area (Å²) in [7, 11) is 0. The quantitative estimate of drug-likeness (QED) is 0.421. The van der Waals surface area contributed by atoms with Crippen molar-refractivity contribution < 1.29 is 14.3 Å². The van der Waals surface area contributed by atoms with Crippen LogP contribution in [-0.2, 0) is 14.3 Å². The molecule has 2 aromatic heterocycles. The van der Waals surface area contributed by atoms with Gasteiger partial charge in [0, 0.05) is 40.4 Å². The molecular weight excluding hydrogens is 468 g/mol. The van der Waals surface area contributed by atoms with Gasteiger partial charge in [-0.15, -0.1) is 0 Å². The molecule has 10 heteroatoms. The average Bonchev–Trinajstić information content (AvgIpc) is 3.35. The van der Waals surface area contributed by atoms with Crippen LogP contribution in [0.4, 0.5) is 5.82 Å². The number of nitrogens with zero attached hydrogens (tertiary/aromatic N) is 4. The lowest BCUT2D eigenvalue weighted by molar-refractivity contribution is -0.165. The third-order valence-corrected chi connectivity index (χ3v) is 7.28. The molecule has 0 bridgehead atoms. The predicted octanol–water partition coefficient (Wildman–Crippen LogP) is 3.39. The predicted molar refractivity (Wildman–Crippen MR) is 132 cm³/mol. The van der Waals surface area contributed by atoms with Gasteiger partial charge in [0.2, 0.25) is 5.91 Å². The summed E-state index contributed by atoms with van der Waals surface area (Å²) in [6.07, 6.45) is 4.73. The minimum absolute atomic E-state index is 0.0877. The molecule has 4 heterocycles. The number of ether oxygens (including phenoxy) is 1. The van der Waals surface area contributed by atoms with Crippen molar-refractivity contribution in [2.45, 2.75) is 25.8 Å². The third kappa shape index (κ3) is 3.76. The Kier molecular flexibility index (Phi) is 5.29. The van der Waals surface area contributed by atoms with Gasteiger partial charge in [-0.05, 0) is 49.1 Å². The van der Waals surface area contributed by atoms with E-state index < -0.39 is 6.04 Å². The average molecular weight is 491 g/mol. The van der Waals surface area contributed by atoms with Crippen molar-refractivity contribution >= 4 is 51.1 Å². The maximum absolute atomic E-state index is 12.5. The van der Waals surface area contributed by atoms with Gasteiger partial charge < -0.3 is 15.0 Å². The summed E-state index contributed by atoms with van der Waals surface area (Å²) in [5, 5.41) is 12.5. The molecule has 0 aliphatic carbocycles. The lowest BCUT2D eigenvalue weighted by Crippen LogP contribution is -2.55. The molecular formula is C25H23ClN6O3. The summed E-state index contributed by atoms with van der Waals surface area (Å²) in [4.78, 5) is 35.1. The number of aromatic nitrogens is 4. The van der Waals surface area contributed by atoms with Crippen LogP contribution in [0.25, 0.3) is 32.9 Å². The van der Waals surface area contributed by atoms with Crippen LogP contribution in [0.2, 0.25) is 5.02 Å². The number of carbonyl (C=O) groups is 2. The summed E-state index contributed by atoms with van der Waals surface area (Å²) in [5.74, 6) is 0.221. The molecule has 9 nitrogen and oxygen atoms in total. The number of benzene rings is 2. The number of cyclic esters (lactones) is 1. The summed E-state index contributed by atoms with van der Waals surface area (Å²) >= 11 is 6.84. The maximum atomic E-state index is 12.5. The van der Waals surface area contributed by atoms with Crippen LogP contribution in [0.5, 0.6) is 0 Å². The number of nitrogens with one attached hydrogen (secondary N) is 2. The summed E-state index contributed by atoms with van der Waals surface area (Å²) in [5.41, 5.74) is 4.79. The SMILES string of the molecule is Cc1ccc2[nH]ncc2c1-c1cc2ncnc(N3CCC(C(=O)NC4COC4=O)CC3)c2cc1Cl.